The van der Waals surface area contributed by atoms with Crippen molar-refractivity contribution >= 4 is 26.3 Å². The Morgan fingerprint density at radius 1 is 0.705 bits per heavy atom. The second-order valence-corrected chi connectivity index (χ2v) is 16.5. The van der Waals surface area contributed by atoms with Crippen molar-refractivity contribution in [3.8, 4) is 11.1 Å². The molecule has 2 aliphatic carbocycles. The predicted octanol–water partition coefficient (Wildman–Crippen LogP) is 4.33. The van der Waals surface area contributed by atoms with Crippen LogP contribution in [0.1, 0.15) is 90.3 Å². The smallest absolute Gasteiger partial charge is 1.00 e. The third kappa shape index (κ3) is 5.65. The molecule has 1 atom stereocenters. The monoisotopic (exact) mass is 650 g/mol. The van der Waals surface area contributed by atoms with Crippen LogP contribution in [0.5, 0.6) is 0 Å². The normalized spacial score (nSPS) is 15.0. The summed E-state index contributed by atoms with van der Waals surface area (Å²) in [6.45, 7) is 16.4. The number of benzene rings is 5. The second-order valence-electron chi connectivity index (χ2n) is 14.4. The van der Waals surface area contributed by atoms with E-state index in [-0.39, 0.29) is 35.6 Å². The summed E-state index contributed by atoms with van der Waals surface area (Å²) in [6, 6.07) is 35.1. The summed E-state index contributed by atoms with van der Waals surface area (Å²) in [5.41, 5.74) is 16.4. The molecule has 0 spiro atoms. The predicted molar refractivity (Wildman–Crippen MR) is 177 cm³/mol. The quantitative estimate of drug-likeness (QED) is 0.250. The standard InChI is InChI=1S/C21H25.C20H15.2ClH.Ti/c1-20(2,3)16-9-10-18-15(12-16)11-14-7-8-17(13-19(14)18)21(4,5)6;1-14-5-4-8-15-9-10-18(13-20(14)15)19-11-16-6-2-3-7-17(16)12-19;;;/h7-10,13H,11H2,1-6H3;2-13H,1H3;2*1H;/q;;;;+2/p-2. The Kier molecular flexibility index (Phi) is 8.91. The molecule has 222 valence electrons. The summed E-state index contributed by atoms with van der Waals surface area (Å²) >= 11 is -0.570. The van der Waals surface area contributed by atoms with Crippen molar-refractivity contribution < 1.29 is 44.0 Å². The van der Waals surface area contributed by atoms with Gasteiger partial charge in [-0.15, -0.1) is 0 Å². The molecule has 5 aromatic carbocycles. The minimum Gasteiger partial charge on any atom is -1.00 e. The number of halogens is 2. The van der Waals surface area contributed by atoms with Crippen LogP contribution in [0.4, 0.5) is 0 Å². The van der Waals surface area contributed by atoms with E-state index in [1.165, 1.54) is 60.9 Å². The first-order valence-electron chi connectivity index (χ1n) is 15.4. The third-order valence-electron chi connectivity index (χ3n) is 9.41. The van der Waals surface area contributed by atoms with E-state index >= 15 is 0 Å². The van der Waals surface area contributed by atoms with Crippen LogP contribution < -0.4 is 28.7 Å². The van der Waals surface area contributed by atoms with E-state index in [4.69, 9.17) is 0 Å². The second kappa shape index (κ2) is 12.0. The Morgan fingerprint density at radius 3 is 2.23 bits per heavy atom. The van der Waals surface area contributed by atoms with Crippen LogP contribution in [0.2, 0.25) is 0 Å². The van der Waals surface area contributed by atoms with Gasteiger partial charge in [0.1, 0.15) is 0 Å². The van der Waals surface area contributed by atoms with Crippen molar-refractivity contribution in [3.05, 3.63) is 136 Å². The molecule has 0 saturated heterocycles. The average Bonchev–Trinajstić information content (AvgIpc) is 3.50. The summed E-state index contributed by atoms with van der Waals surface area (Å²) in [6.07, 6.45) is 3.55. The molecule has 0 aromatic heterocycles. The maximum absolute atomic E-state index is 2.49. The summed E-state index contributed by atoms with van der Waals surface area (Å²) < 4.78 is 2.13. The molecule has 0 radical (unpaired) electrons. The Labute approximate surface area is 285 Å². The van der Waals surface area contributed by atoms with Crippen LogP contribution in [0.25, 0.3) is 33.5 Å². The molecule has 0 heterocycles. The molecule has 44 heavy (non-hydrogen) atoms. The van der Waals surface area contributed by atoms with Gasteiger partial charge in [-0.1, -0.05) is 0 Å². The topological polar surface area (TPSA) is 0 Å². The van der Waals surface area contributed by atoms with Gasteiger partial charge in [0.15, 0.2) is 0 Å². The summed E-state index contributed by atoms with van der Waals surface area (Å²) in [4.78, 5) is 0. The molecular weight excluding hydrogens is 611 g/mol. The maximum Gasteiger partial charge on any atom is -1.00 e. The first kappa shape index (κ1) is 32.8. The number of hydrogen-bond acceptors (Lipinski definition) is 0. The molecule has 0 N–H and O–H groups in total. The van der Waals surface area contributed by atoms with E-state index in [1.807, 2.05) is 0 Å². The third-order valence-corrected chi connectivity index (χ3v) is 12.2. The molecule has 5 aromatic rings. The van der Waals surface area contributed by atoms with Crippen molar-refractivity contribution in [2.24, 2.45) is 0 Å². The molecule has 0 saturated carbocycles. The van der Waals surface area contributed by atoms with Crippen LogP contribution >= 0.6 is 0 Å². The zero-order chi connectivity index (χ0) is 29.4. The number of allylic oxidation sites excluding steroid dienone is 1. The first-order valence-corrected chi connectivity index (χ1v) is 17.0. The fraction of sp³-hybridized carbons (Fsp3) is 0.268. The number of hydrogen-bond donors (Lipinski definition) is 0. The van der Waals surface area contributed by atoms with Crippen LogP contribution in [-0.2, 0) is 36.4 Å². The van der Waals surface area contributed by atoms with E-state index in [1.54, 1.807) is 15.0 Å². The minimum absolute atomic E-state index is 0. The van der Waals surface area contributed by atoms with Crippen molar-refractivity contribution in [2.75, 3.05) is 0 Å². The minimum atomic E-state index is -0.570. The van der Waals surface area contributed by atoms with E-state index in [2.05, 4.69) is 146 Å². The van der Waals surface area contributed by atoms with Crippen LogP contribution in [-0.4, -0.2) is 0 Å². The van der Waals surface area contributed by atoms with Gasteiger partial charge in [-0.05, 0) is 0 Å². The number of fused-ring (bicyclic) bond motifs is 5. The van der Waals surface area contributed by atoms with Crippen molar-refractivity contribution in [3.63, 3.8) is 0 Å². The Balaban J connectivity index is 0.00000192. The molecule has 0 nitrogen and oxygen atoms in total. The largest absolute Gasteiger partial charge is 1.00 e. The number of aryl methyl sites for hydroxylation is 1. The molecule has 0 fully saturated rings. The molecule has 3 heteroatoms. The Morgan fingerprint density at radius 2 is 1.48 bits per heavy atom. The average molecular weight is 652 g/mol. The van der Waals surface area contributed by atoms with Crippen LogP contribution in [0.15, 0.2) is 91.0 Å². The first-order chi connectivity index (χ1) is 20.0. The van der Waals surface area contributed by atoms with Gasteiger partial charge >= 0.3 is 262 Å². The zero-order valence-electron chi connectivity index (χ0n) is 26.8. The fourth-order valence-corrected chi connectivity index (χ4v) is 10.3. The molecule has 7 rings (SSSR count). The van der Waals surface area contributed by atoms with Crippen LogP contribution in [0.3, 0.4) is 0 Å². The van der Waals surface area contributed by atoms with Gasteiger partial charge in [-0.3, -0.25) is 0 Å². The Hall–Kier alpha value is -2.61. The fourth-order valence-electron chi connectivity index (χ4n) is 6.99. The zero-order valence-corrected chi connectivity index (χ0v) is 29.9. The van der Waals surface area contributed by atoms with E-state index in [0.29, 0.717) is 4.22 Å². The van der Waals surface area contributed by atoms with Gasteiger partial charge in [0.2, 0.25) is 0 Å². The van der Waals surface area contributed by atoms with Gasteiger partial charge in [0.25, 0.3) is 0 Å². The van der Waals surface area contributed by atoms with Crippen molar-refractivity contribution in [2.45, 2.75) is 69.9 Å². The molecule has 0 bridgehead atoms. The maximum atomic E-state index is 2.49. The van der Waals surface area contributed by atoms with Gasteiger partial charge in [-0.2, -0.15) is 0 Å². The molecule has 2 aliphatic rings. The van der Waals surface area contributed by atoms with Gasteiger partial charge in [-0.25, -0.2) is 0 Å². The summed E-state index contributed by atoms with van der Waals surface area (Å²) in [5, 5.41) is 2.69. The van der Waals surface area contributed by atoms with Gasteiger partial charge in [0.05, 0.1) is 0 Å². The SMILES string of the molecule is Cc1cccc2ccc(C3=Cc4ccccc4[CH]3[Ti+2][c]3c(C(C)(C)C)ccc4c3Cc3ccc(C(C)(C)C)cc3-4)cc12.[Cl-].[Cl-]. The molecule has 0 aliphatic heterocycles. The summed E-state index contributed by atoms with van der Waals surface area (Å²) in [7, 11) is 0. The Bertz CT molecular complexity index is 1920. The molecule has 0 amide bonds. The van der Waals surface area contributed by atoms with E-state index in [0.717, 1.165) is 6.42 Å². The van der Waals surface area contributed by atoms with E-state index < -0.39 is 19.2 Å². The molecule has 1 unspecified atom stereocenters. The molecular formula is C41H40Cl2Ti. The van der Waals surface area contributed by atoms with Gasteiger partial charge in [0, 0.05) is 0 Å². The van der Waals surface area contributed by atoms with Crippen molar-refractivity contribution in [1.82, 2.24) is 0 Å². The number of rotatable bonds is 3. The van der Waals surface area contributed by atoms with Crippen molar-refractivity contribution in [1.29, 1.82) is 0 Å². The van der Waals surface area contributed by atoms with Gasteiger partial charge < -0.3 is 24.8 Å². The summed E-state index contributed by atoms with van der Waals surface area (Å²) in [5.74, 6) is 0. The van der Waals surface area contributed by atoms with E-state index in [9.17, 15) is 0 Å². The van der Waals surface area contributed by atoms with Crippen LogP contribution in [0, 0.1) is 6.92 Å².